The highest BCUT2D eigenvalue weighted by Gasteiger charge is 2.49. The van der Waals surface area contributed by atoms with E-state index in [4.69, 9.17) is 14.2 Å². The summed E-state index contributed by atoms with van der Waals surface area (Å²) in [4.78, 5) is 40.3. The van der Waals surface area contributed by atoms with Gasteiger partial charge in [0.15, 0.2) is 5.79 Å². The number of likely N-dealkylation sites (tertiary alicyclic amines) is 1. The molecule has 186 valence electrons. The van der Waals surface area contributed by atoms with Gasteiger partial charge in [0, 0.05) is 44.1 Å². The van der Waals surface area contributed by atoms with Crippen LogP contribution in [0.1, 0.15) is 45.4 Å². The Morgan fingerprint density at radius 1 is 1.26 bits per heavy atom. The molecule has 1 aliphatic carbocycles. The van der Waals surface area contributed by atoms with Gasteiger partial charge in [-0.25, -0.2) is 9.69 Å². The minimum Gasteiger partial charge on any atom is -0.410 e. The smallest absolute Gasteiger partial charge is 0.410 e. The standard InChI is InChI=1S/C24H33N3O7/c1-3-4-11-26(23(29)34-20-7-5-19(6-8-20)27(30)31)22(28)18-14-17-15-24(32-12-13-33-24)10-9-21(17)25(2)16-18/h5-8,17-18,21H,3-4,9-16H2,1-2H3/t17-,18-,21-/m1/s1. The average molecular weight is 476 g/mol. The van der Waals surface area contributed by atoms with Crippen molar-refractivity contribution in [3.05, 3.63) is 34.4 Å². The van der Waals surface area contributed by atoms with Gasteiger partial charge in [-0.2, -0.15) is 0 Å². The predicted octanol–water partition coefficient (Wildman–Crippen LogP) is 3.59. The Balaban J connectivity index is 1.45. The van der Waals surface area contributed by atoms with E-state index in [2.05, 4.69) is 4.90 Å². The van der Waals surface area contributed by atoms with Crippen molar-refractivity contribution < 1.29 is 28.7 Å². The number of hydrogen-bond acceptors (Lipinski definition) is 8. The van der Waals surface area contributed by atoms with Gasteiger partial charge >= 0.3 is 6.09 Å². The molecule has 2 amide bonds. The van der Waals surface area contributed by atoms with Crippen LogP contribution in [0.2, 0.25) is 0 Å². The highest BCUT2D eigenvalue weighted by Crippen LogP contribution is 2.45. The Bertz CT molecular complexity index is 900. The number of rotatable bonds is 6. The van der Waals surface area contributed by atoms with Gasteiger partial charge < -0.3 is 19.1 Å². The summed E-state index contributed by atoms with van der Waals surface area (Å²) >= 11 is 0. The number of ether oxygens (including phenoxy) is 3. The molecule has 34 heavy (non-hydrogen) atoms. The Morgan fingerprint density at radius 2 is 1.97 bits per heavy atom. The summed E-state index contributed by atoms with van der Waals surface area (Å²) in [5.41, 5.74) is -0.0982. The normalized spacial score (nSPS) is 26.1. The van der Waals surface area contributed by atoms with Crippen LogP contribution in [0.4, 0.5) is 10.5 Å². The molecule has 1 saturated carbocycles. The largest absolute Gasteiger partial charge is 0.421 e. The van der Waals surface area contributed by atoms with Crippen molar-refractivity contribution in [2.75, 3.05) is 33.4 Å². The van der Waals surface area contributed by atoms with Crippen molar-refractivity contribution in [3.63, 3.8) is 0 Å². The molecule has 0 unspecified atom stereocenters. The second-order valence-electron chi connectivity index (χ2n) is 9.51. The molecule has 1 aromatic rings. The Morgan fingerprint density at radius 3 is 2.62 bits per heavy atom. The van der Waals surface area contributed by atoms with Gasteiger partial charge in [0.2, 0.25) is 5.91 Å². The fourth-order valence-corrected chi connectivity index (χ4v) is 5.54. The number of amides is 2. The van der Waals surface area contributed by atoms with Crippen LogP contribution in [0.5, 0.6) is 5.75 Å². The van der Waals surface area contributed by atoms with Gasteiger partial charge in [-0.05, 0) is 44.4 Å². The summed E-state index contributed by atoms with van der Waals surface area (Å²) in [6, 6.07) is 5.63. The lowest BCUT2D eigenvalue weighted by Crippen LogP contribution is -2.56. The van der Waals surface area contributed by atoms with Crippen molar-refractivity contribution >= 4 is 17.7 Å². The molecule has 0 bridgehead atoms. The summed E-state index contributed by atoms with van der Waals surface area (Å²) in [5.74, 6) is -0.680. The van der Waals surface area contributed by atoms with E-state index < -0.39 is 16.8 Å². The molecule has 4 rings (SSSR count). The first-order valence-electron chi connectivity index (χ1n) is 12.1. The molecule has 2 heterocycles. The summed E-state index contributed by atoms with van der Waals surface area (Å²) in [5, 5.41) is 10.9. The van der Waals surface area contributed by atoms with Crippen LogP contribution in [0.15, 0.2) is 24.3 Å². The fraction of sp³-hybridized carbons (Fsp3) is 0.667. The molecule has 0 radical (unpaired) electrons. The molecule has 0 aromatic heterocycles. The minimum absolute atomic E-state index is 0.0982. The van der Waals surface area contributed by atoms with Gasteiger partial charge in [0.1, 0.15) is 5.75 Å². The van der Waals surface area contributed by atoms with Crippen LogP contribution >= 0.6 is 0 Å². The Labute approximate surface area is 199 Å². The summed E-state index contributed by atoms with van der Waals surface area (Å²) < 4.78 is 17.3. The second kappa shape index (κ2) is 10.4. The third-order valence-corrected chi connectivity index (χ3v) is 7.24. The number of imide groups is 1. The monoisotopic (exact) mass is 475 g/mol. The first-order chi connectivity index (χ1) is 16.3. The molecular formula is C24H33N3O7. The molecule has 3 atom stereocenters. The van der Waals surface area contributed by atoms with E-state index in [1.54, 1.807) is 0 Å². The summed E-state index contributed by atoms with van der Waals surface area (Å²) in [7, 11) is 2.04. The van der Waals surface area contributed by atoms with Crippen LogP contribution in [0.25, 0.3) is 0 Å². The van der Waals surface area contributed by atoms with Crippen molar-refractivity contribution in [2.24, 2.45) is 11.8 Å². The van der Waals surface area contributed by atoms with Gasteiger partial charge in [0.25, 0.3) is 5.69 Å². The average Bonchev–Trinajstić information content (AvgIpc) is 3.26. The molecule has 0 N–H and O–H groups in total. The number of carbonyl (C=O) groups is 2. The molecule has 2 aliphatic heterocycles. The third-order valence-electron chi connectivity index (χ3n) is 7.24. The first-order valence-corrected chi connectivity index (χ1v) is 12.1. The maximum absolute atomic E-state index is 13.6. The molecule has 1 aromatic carbocycles. The number of nitro benzene ring substituents is 1. The highest BCUT2D eigenvalue weighted by molar-refractivity contribution is 5.94. The quantitative estimate of drug-likeness (QED) is 0.453. The third kappa shape index (κ3) is 5.24. The maximum Gasteiger partial charge on any atom is 0.421 e. The van der Waals surface area contributed by atoms with Crippen molar-refractivity contribution in [1.29, 1.82) is 0 Å². The highest BCUT2D eigenvalue weighted by atomic mass is 16.7. The summed E-state index contributed by atoms with van der Waals surface area (Å²) in [6.07, 6.45) is 4.00. The second-order valence-corrected chi connectivity index (χ2v) is 9.51. The number of nitrogens with zero attached hydrogens (tertiary/aromatic N) is 3. The predicted molar refractivity (Wildman–Crippen MR) is 122 cm³/mol. The van der Waals surface area contributed by atoms with Crippen molar-refractivity contribution in [3.8, 4) is 5.75 Å². The molecule has 3 aliphatic rings. The number of nitro groups is 1. The first kappa shape index (κ1) is 24.6. The van der Waals surface area contributed by atoms with E-state index in [1.807, 2.05) is 14.0 Å². The Hall–Kier alpha value is -2.56. The van der Waals surface area contributed by atoms with E-state index in [0.29, 0.717) is 38.6 Å². The molecule has 3 fully saturated rings. The van der Waals surface area contributed by atoms with Gasteiger partial charge in [-0.15, -0.1) is 0 Å². The van der Waals surface area contributed by atoms with E-state index in [1.165, 1.54) is 29.2 Å². The van der Waals surface area contributed by atoms with E-state index in [0.717, 1.165) is 25.7 Å². The number of benzene rings is 1. The molecule has 1 spiro atoms. The van der Waals surface area contributed by atoms with Crippen LogP contribution in [-0.4, -0.2) is 71.9 Å². The lowest BCUT2D eigenvalue weighted by Gasteiger charge is -2.49. The molecule has 2 saturated heterocycles. The molecule has 10 heteroatoms. The van der Waals surface area contributed by atoms with Gasteiger partial charge in [-0.1, -0.05) is 13.3 Å². The van der Waals surface area contributed by atoms with Crippen LogP contribution in [0.3, 0.4) is 0 Å². The summed E-state index contributed by atoms with van der Waals surface area (Å²) in [6.45, 7) is 4.06. The van der Waals surface area contributed by atoms with Gasteiger partial charge in [0.05, 0.1) is 24.1 Å². The number of non-ortho nitro benzene ring substituents is 1. The van der Waals surface area contributed by atoms with Crippen molar-refractivity contribution in [1.82, 2.24) is 9.80 Å². The molecular weight excluding hydrogens is 442 g/mol. The minimum atomic E-state index is -0.750. The van der Waals surface area contributed by atoms with E-state index >= 15 is 0 Å². The van der Waals surface area contributed by atoms with Crippen molar-refractivity contribution in [2.45, 2.75) is 57.3 Å². The zero-order valence-corrected chi connectivity index (χ0v) is 19.8. The molecule has 10 nitrogen and oxygen atoms in total. The lowest BCUT2D eigenvalue weighted by atomic mass is 9.72. The number of hydrogen-bond donors (Lipinski definition) is 0. The topological polar surface area (TPSA) is 111 Å². The zero-order valence-electron chi connectivity index (χ0n) is 19.8. The SMILES string of the molecule is CCCCN(C(=O)Oc1ccc([N+](=O)[O-])cc1)C(=O)[C@@H]1C[C@@H]2CC3(CC[C@H]2N(C)C1)OCCO3. The lowest BCUT2D eigenvalue weighted by molar-refractivity contribution is -0.384. The van der Waals surface area contributed by atoms with Gasteiger partial charge in [-0.3, -0.25) is 14.9 Å². The number of fused-ring (bicyclic) bond motifs is 1. The number of piperidine rings is 1. The van der Waals surface area contributed by atoms with Crippen LogP contribution < -0.4 is 4.74 Å². The van der Waals surface area contributed by atoms with E-state index in [9.17, 15) is 19.7 Å². The van der Waals surface area contributed by atoms with Crippen LogP contribution in [-0.2, 0) is 14.3 Å². The number of unbranched alkanes of at least 4 members (excludes halogenated alkanes) is 1. The fourth-order valence-electron chi connectivity index (χ4n) is 5.54. The number of carbonyl (C=O) groups excluding carboxylic acids is 2. The maximum atomic E-state index is 13.6. The zero-order chi connectivity index (χ0) is 24.3. The van der Waals surface area contributed by atoms with E-state index in [-0.39, 0.29) is 35.7 Å². The van der Waals surface area contributed by atoms with Crippen LogP contribution in [0, 0.1) is 22.0 Å². The Kier molecular flexibility index (Phi) is 7.49.